The number of carbonyl (C=O) groups is 2. The third-order valence-electron chi connectivity index (χ3n) is 7.18. The van der Waals surface area contributed by atoms with E-state index in [1.165, 1.54) is 0 Å². The molecule has 2 fully saturated rings. The topological polar surface area (TPSA) is 112 Å². The average molecular weight is 539 g/mol. The van der Waals surface area contributed by atoms with Crippen molar-refractivity contribution in [3.63, 3.8) is 0 Å². The van der Waals surface area contributed by atoms with Crippen molar-refractivity contribution in [2.45, 2.75) is 70.6 Å². The molecule has 5 rings (SSSR count). The number of amides is 1. The smallest absolute Gasteiger partial charge is 0.331 e. The first-order valence-electron chi connectivity index (χ1n) is 13.1. The predicted molar refractivity (Wildman–Crippen MR) is 146 cm³/mol. The van der Waals surface area contributed by atoms with Gasteiger partial charge in [-0.25, -0.2) is 14.8 Å². The number of nitrogens with one attached hydrogen (secondary N) is 2. The third kappa shape index (κ3) is 5.07. The molecule has 2 aromatic heterocycles. The number of fused-ring (bicyclic) bond motifs is 1. The first-order valence-corrected chi connectivity index (χ1v) is 14.0. The highest BCUT2D eigenvalue weighted by Crippen LogP contribution is 2.38. The number of hydrogen-bond donors (Lipinski definition) is 2. The van der Waals surface area contributed by atoms with Gasteiger partial charge in [-0.1, -0.05) is 13.8 Å². The van der Waals surface area contributed by atoms with Crippen molar-refractivity contribution < 1.29 is 23.8 Å². The van der Waals surface area contributed by atoms with Gasteiger partial charge in [0.2, 0.25) is 5.91 Å². The van der Waals surface area contributed by atoms with E-state index >= 15 is 0 Å². The summed E-state index contributed by atoms with van der Waals surface area (Å²) >= 11 is 1.56. The van der Waals surface area contributed by atoms with Gasteiger partial charge in [0.05, 0.1) is 31.0 Å². The fourth-order valence-electron chi connectivity index (χ4n) is 4.75. The lowest BCUT2D eigenvalue weighted by molar-refractivity contribution is -0.149. The van der Waals surface area contributed by atoms with Crippen LogP contribution in [0.4, 0.5) is 0 Å². The predicted octanol–water partition coefficient (Wildman–Crippen LogP) is 4.12. The molecule has 0 spiro atoms. The number of methoxy groups -OCH3 is 1. The normalized spacial score (nSPS) is 19.9. The van der Waals surface area contributed by atoms with Crippen LogP contribution >= 0.6 is 11.3 Å². The second kappa shape index (κ2) is 10.5. The van der Waals surface area contributed by atoms with Gasteiger partial charge in [-0.3, -0.25) is 4.79 Å². The van der Waals surface area contributed by atoms with Gasteiger partial charge >= 0.3 is 5.97 Å². The largest absolute Gasteiger partial charge is 0.496 e. The van der Waals surface area contributed by atoms with Gasteiger partial charge < -0.3 is 24.8 Å². The Balaban J connectivity index is 1.38. The van der Waals surface area contributed by atoms with Crippen LogP contribution in [0.3, 0.4) is 0 Å². The summed E-state index contributed by atoms with van der Waals surface area (Å²) in [6, 6.07) is 5.36. The highest BCUT2D eigenvalue weighted by molar-refractivity contribution is 7.13. The Bertz CT molecular complexity index is 1370. The highest BCUT2D eigenvalue weighted by Gasteiger charge is 2.53. The molecule has 0 bridgehead atoms. The minimum atomic E-state index is -0.872. The molecule has 1 saturated carbocycles. The molecular weight excluding hydrogens is 504 g/mol. The van der Waals surface area contributed by atoms with E-state index < -0.39 is 11.6 Å². The van der Waals surface area contributed by atoms with Crippen LogP contribution in [0, 0.1) is 6.92 Å². The van der Waals surface area contributed by atoms with E-state index in [9.17, 15) is 9.59 Å². The van der Waals surface area contributed by atoms with Crippen molar-refractivity contribution in [1.82, 2.24) is 20.6 Å². The van der Waals surface area contributed by atoms with E-state index in [2.05, 4.69) is 29.9 Å². The second-order valence-electron chi connectivity index (χ2n) is 10.3. The number of aromatic nitrogens is 2. The van der Waals surface area contributed by atoms with Gasteiger partial charge in [0.15, 0.2) is 0 Å². The number of thiazole rings is 1. The van der Waals surface area contributed by atoms with E-state index in [0.717, 1.165) is 38.6 Å². The van der Waals surface area contributed by atoms with E-state index in [1.807, 2.05) is 25.1 Å². The van der Waals surface area contributed by atoms with Crippen LogP contribution in [0.15, 0.2) is 23.6 Å². The molecule has 1 saturated heterocycles. The number of carbonyl (C=O) groups excluding carboxylic acids is 2. The van der Waals surface area contributed by atoms with Gasteiger partial charge in [-0.15, -0.1) is 11.3 Å². The van der Waals surface area contributed by atoms with Crippen molar-refractivity contribution in [3.8, 4) is 22.2 Å². The minimum absolute atomic E-state index is 0.202. The molecule has 2 aliphatic rings. The molecule has 202 valence electrons. The number of pyridine rings is 1. The maximum atomic E-state index is 13.0. The summed E-state index contributed by atoms with van der Waals surface area (Å²) in [4.78, 5) is 35.0. The number of aryl methyl sites for hydroxylation is 1. The molecule has 1 aromatic carbocycles. The van der Waals surface area contributed by atoms with Crippen LogP contribution < -0.4 is 20.1 Å². The standard InChI is InChI=1S/C28H34N4O5S/c1-6-36-27(34)28(9-10-28)32-25(33)19-11-17(13-29-19)37-23-12-20(26-31-21(14-38-26)15(2)3)30-24-16(4)22(35-5)8-7-18(23)24/h7-8,12,14-15,17,19,29H,6,9-11,13H2,1-5H3,(H,32,33)/t17-,19+/m1/s1. The van der Waals surface area contributed by atoms with Gasteiger partial charge in [0.25, 0.3) is 0 Å². The number of nitrogens with zero attached hydrogens (tertiary/aromatic N) is 2. The number of rotatable bonds is 9. The maximum absolute atomic E-state index is 13.0. The summed E-state index contributed by atoms with van der Waals surface area (Å²) in [6.45, 7) is 8.79. The molecule has 2 N–H and O–H groups in total. The zero-order chi connectivity index (χ0) is 27.0. The zero-order valence-electron chi connectivity index (χ0n) is 22.4. The Labute approximate surface area is 226 Å². The van der Waals surface area contributed by atoms with Crippen LogP contribution in [0.5, 0.6) is 11.5 Å². The lowest BCUT2D eigenvalue weighted by Crippen LogP contribution is -2.50. The Hall–Kier alpha value is -3.24. The lowest BCUT2D eigenvalue weighted by Gasteiger charge is -2.19. The van der Waals surface area contributed by atoms with Crippen molar-refractivity contribution >= 4 is 34.1 Å². The van der Waals surface area contributed by atoms with Crippen molar-refractivity contribution in [3.05, 3.63) is 34.8 Å². The van der Waals surface area contributed by atoms with Gasteiger partial charge in [-0.05, 0) is 44.7 Å². The Morgan fingerprint density at radius 3 is 2.68 bits per heavy atom. The van der Waals surface area contributed by atoms with Gasteiger partial charge in [-0.2, -0.15) is 0 Å². The second-order valence-corrected chi connectivity index (χ2v) is 11.1. The minimum Gasteiger partial charge on any atom is -0.496 e. The molecule has 38 heavy (non-hydrogen) atoms. The maximum Gasteiger partial charge on any atom is 0.331 e. The molecule has 9 nitrogen and oxygen atoms in total. The Morgan fingerprint density at radius 2 is 2.03 bits per heavy atom. The first kappa shape index (κ1) is 26.4. The SMILES string of the molecule is CCOC(=O)C1(NC(=O)[C@@H]2C[C@@H](Oc3cc(-c4nc(C(C)C)cs4)nc4c(C)c(OC)ccc34)CN2)CC1. The van der Waals surface area contributed by atoms with Crippen LogP contribution in [-0.2, 0) is 14.3 Å². The molecule has 1 amide bonds. The summed E-state index contributed by atoms with van der Waals surface area (Å²) in [7, 11) is 1.65. The number of ether oxygens (including phenoxy) is 3. The molecule has 10 heteroatoms. The van der Waals surface area contributed by atoms with Crippen molar-refractivity contribution in [2.75, 3.05) is 20.3 Å². The third-order valence-corrected chi connectivity index (χ3v) is 8.06. The number of hydrogen-bond acceptors (Lipinski definition) is 9. The van der Waals surface area contributed by atoms with E-state index in [4.69, 9.17) is 24.2 Å². The van der Waals surface area contributed by atoms with Crippen LogP contribution in [-0.4, -0.2) is 59.8 Å². The van der Waals surface area contributed by atoms with Crippen LogP contribution in [0.2, 0.25) is 0 Å². The monoisotopic (exact) mass is 538 g/mol. The van der Waals surface area contributed by atoms with Crippen molar-refractivity contribution in [1.29, 1.82) is 0 Å². The molecule has 1 aliphatic heterocycles. The van der Waals surface area contributed by atoms with Gasteiger partial charge in [0, 0.05) is 35.4 Å². The molecule has 0 radical (unpaired) electrons. The summed E-state index contributed by atoms with van der Waals surface area (Å²) in [5.74, 6) is 1.21. The van der Waals surface area contributed by atoms with Crippen LogP contribution in [0.25, 0.3) is 21.6 Å². The molecule has 3 heterocycles. The summed E-state index contributed by atoms with van der Waals surface area (Å²) in [5, 5.41) is 9.93. The fourth-order valence-corrected chi connectivity index (χ4v) is 5.69. The quantitative estimate of drug-likeness (QED) is 0.392. The van der Waals surface area contributed by atoms with E-state index in [0.29, 0.717) is 44.1 Å². The molecule has 0 unspecified atom stereocenters. The van der Waals surface area contributed by atoms with Gasteiger partial charge in [0.1, 0.15) is 33.8 Å². The first-order chi connectivity index (χ1) is 18.2. The van der Waals surface area contributed by atoms with E-state index in [1.54, 1.807) is 25.4 Å². The highest BCUT2D eigenvalue weighted by atomic mass is 32.1. The summed E-state index contributed by atoms with van der Waals surface area (Å²) in [5.41, 5.74) is 2.62. The lowest BCUT2D eigenvalue weighted by atomic mass is 10.1. The number of benzene rings is 1. The summed E-state index contributed by atoms with van der Waals surface area (Å²) < 4.78 is 17.2. The molecular formula is C28H34N4O5S. The zero-order valence-corrected chi connectivity index (χ0v) is 23.2. The Morgan fingerprint density at radius 1 is 1.24 bits per heavy atom. The average Bonchev–Trinajstić information content (AvgIpc) is 3.28. The molecule has 2 atom stereocenters. The van der Waals surface area contributed by atoms with Crippen molar-refractivity contribution in [2.24, 2.45) is 0 Å². The fraction of sp³-hybridized carbons (Fsp3) is 0.500. The summed E-state index contributed by atoms with van der Waals surface area (Å²) in [6.07, 6.45) is 1.46. The molecule has 1 aliphatic carbocycles. The van der Waals surface area contributed by atoms with E-state index in [-0.39, 0.29) is 18.0 Å². The van der Waals surface area contributed by atoms with Crippen LogP contribution in [0.1, 0.15) is 57.2 Å². The number of esters is 1. The molecule has 3 aromatic rings. The Kier molecular flexibility index (Phi) is 7.28.